The first-order chi connectivity index (χ1) is 6.27. The largest absolute Gasteiger partial charge is 0.377 e. The Kier molecular flexibility index (Phi) is 3.94. The van der Waals surface area contributed by atoms with Crippen LogP contribution in [-0.2, 0) is 14.3 Å². The lowest BCUT2D eigenvalue weighted by Gasteiger charge is -2.17. The van der Waals surface area contributed by atoms with Gasteiger partial charge < -0.3 is 14.8 Å². The normalized spacial score (nSPS) is 27.2. The molecule has 76 valence electrons. The van der Waals surface area contributed by atoms with Crippen LogP contribution in [0.2, 0.25) is 0 Å². The predicted molar refractivity (Wildman–Crippen MR) is 44.1 cm³/mol. The highest BCUT2D eigenvalue weighted by molar-refractivity contribution is 5.73. The van der Waals surface area contributed by atoms with Gasteiger partial charge in [-0.15, -0.1) is 0 Å². The molecule has 1 fully saturated rings. The molecule has 1 rings (SSSR count). The van der Waals surface area contributed by atoms with E-state index in [1.54, 1.807) is 7.11 Å². The molecular weight excluding hydrogens is 176 g/mol. The van der Waals surface area contributed by atoms with E-state index in [0.29, 0.717) is 13.2 Å². The topological polar surface area (TPSA) is 68.8 Å². The maximum absolute atomic E-state index is 11.0. The summed E-state index contributed by atoms with van der Waals surface area (Å²) in [4.78, 5) is 15.4. The number of urea groups is 1. The fourth-order valence-corrected chi connectivity index (χ4v) is 1.19. The summed E-state index contributed by atoms with van der Waals surface area (Å²) in [6.07, 6.45) is -0.0809. The van der Waals surface area contributed by atoms with E-state index in [4.69, 9.17) is 9.47 Å². The lowest BCUT2D eigenvalue weighted by molar-refractivity contribution is 0.0706. The number of hydroxylamine groups is 1. The van der Waals surface area contributed by atoms with E-state index in [1.165, 1.54) is 7.11 Å². The molecular formula is C7H14N2O4. The fraction of sp³-hybridized carbons (Fsp3) is 0.857. The first-order valence-corrected chi connectivity index (χ1v) is 3.98. The lowest BCUT2D eigenvalue weighted by atomic mass is 10.2. The molecule has 2 N–H and O–H groups in total. The third kappa shape index (κ3) is 2.83. The number of rotatable bonds is 3. The Labute approximate surface area is 76.5 Å². The van der Waals surface area contributed by atoms with Gasteiger partial charge in [-0.25, -0.2) is 10.3 Å². The standard InChI is InChI=1S/C7H14N2O4/c1-11-6-4-13-3-5(6)8-7(10)9-12-2/h5-6H,3-4H2,1-2H3,(H2,8,9,10)/t5-,6-/m0/s1. The van der Waals surface area contributed by atoms with E-state index in [2.05, 4.69) is 15.6 Å². The first-order valence-electron chi connectivity index (χ1n) is 3.98. The smallest absolute Gasteiger partial charge is 0.339 e. The molecule has 0 unspecified atom stereocenters. The zero-order valence-electron chi connectivity index (χ0n) is 7.70. The van der Waals surface area contributed by atoms with Crippen molar-refractivity contribution in [2.45, 2.75) is 12.1 Å². The molecule has 2 amide bonds. The minimum Gasteiger partial charge on any atom is -0.377 e. The molecule has 0 aromatic rings. The van der Waals surface area contributed by atoms with Crippen LogP contribution in [0, 0.1) is 0 Å². The quantitative estimate of drug-likeness (QED) is 0.575. The van der Waals surface area contributed by atoms with E-state index < -0.39 is 0 Å². The fourth-order valence-electron chi connectivity index (χ4n) is 1.19. The minimum atomic E-state index is -0.389. The van der Waals surface area contributed by atoms with E-state index in [-0.39, 0.29) is 18.2 Å². The highest BCUT2D eigenvalue weighted by atomic mass is 16.6. The summed E-state index contributed by atoms with van der Waals surface area (Å²) < 4.78 is 10.2. The van der Waals surface area contributed by atoms with Crippen LogP contribution in [0.1, 0.15) is 0 Å². The number of methoxy groups -OCH3 is 1. The summed E-state index contributed by atoms with van der Waals surface area (Å²) in [5, 5.41) is 2.66. The van der Waals surface area contributed by atoms with Gasteiger partial charge >= 0.3 is 6.03 Å². The molecule has 0 saturated carbocycles. The van der Waals surface area contributed by atoms with Gasteiger partial charge in [-0.2, -0.15) is 0 Å². The SMILES string of the molecule is CONC(=O)N[C@H]1COC[C@@H]1OC. The van der Waals surface area contributed by atoms with Crippen LogP contribution in [0.25, 0.3) is 0 Å². The Morgan fingerprint density at radius 3 is 2.85 bits per heavy atom. The highest BCUT2D eigenvalue weighted by Crippen LogP contribution is 2.08. The molecule has 6 heteroatoms. The van der Waals surface area contributed by atoms with Crippen molar-refractivity contribution in [1.29, 1.82) is 0 Å². The summed E-state index contributed by atoms with van der Waals surface area (Å²) in [6, 6.07) is -0.500. The molecule has 0 aliphatic carbocycles. The molecule has 1 saturated heterocycles. The van der Waals surface area contributed by atoms with Crippen LogP contribution in [-0.4, -0.2) is 45.6 Å². The van der Waals surface area contributed by atoms with Gasteiger partial charge in [-0.1, -0.05) is 0 Å². The number of hydrogen-bond acceptors (Lipinski definition) is 4. The van der Waals surface area contributed by atoms with Crippen LogP contribution in [0.3, 0.4) is 0 Å². The van der Waals surface area contributed by atoms with Crippen molar-refractivity contribution >= 4 is 6.03 Å². The summed E-state index contributed by atoms with van der Waals surface area (Å²) in [5.74, 6) is 0. The van der Waals surface area contributed by atoms with Crippen LogP contribution in [0.15, 0.2) is 0 Å². The van der Waals surface area contributed by atoms with Gasteiger partial charge in [0.05, 0.1) is 26.4 Å². The zero-order valence-corrected chi connectivity index (χ0v) is 7.70. The maximum Gasteiger partial charge on any atom is 0.339 e. The molecule has 6 nitrogen and oxygen atoms in total. The summed E-state index contributed by atoms with van der Waals surface area (Å²) >= 11 is 0. The minimum absolute atomic E-state index is 0.0809. The Morgan fingerprint density at radius 2 is 2.23 bits per heavy atom. The molecule has 0 radical (unpaired) electrons. The van der Waals surface area contributed by atoms with Crippen molar-refractivity contribution in [2.75, 3.05) is 27.4 Å². The second-order valence-corrected chi connectivity index (χ2v) is 2.70. The average Bonchev–Trinajstić information content (AvgIpc) is 2.52. The van der Waals surface area contributed by atoms with Gasteiger partial charge in [0.2, 0.25) is 0 Å². The molecule has 1 aliphatic rings. The van der Waals surface area contributed by atoms with Gasteiger partial charge in [0, 0.05) is 7.11 Å². The van der Waals surface area contributed by atoms with Crippen molar-refractivity contribution in [3.63, 3.8) is 0 Å². The second kappa shape index (κ2) is 5.00. The molecule has 0 aromatic heterocycles. The number of carbonyl (C=O) groups excluding carboxylic acids is 1. The van der Waals surface area contributed by atoms with Gasteiger partial charge in [0.25, 0.3) is 0 Å². The van der Waals surface area contributed by atoms with Gasteiger partial charge in [0.15, 0.2) is 0 Å². The molecule has 2 atom stereocenters. The van der Waals surface area contributed by atoms with E-state index in [9.17, 15) is 4.79 Å². The van der Waals surface area contributed by atoms with Crippen molar-refractivity contribution in [3.8, 4) is 0 Å². The third-order valence-corrected chi connectivity index (χ3v) is 1.84. The average molecular weight is 190 g/mol. The maximum atomic E-state index is 11.0. The van der Waals surface area contributed by atoms with E-state index in [0.717, 1.165) is 0 Å². The number of amides is 2. The number of carbonyl (C=O) groups is 1. The van der Waals surface area contributed by atoms with E-state index >= 15 is 0 Å². The van der Waals surface area contributed by atoms with E-state index in [1.807, 2.05) is 0 Å². The molecule has 0 bridgehead atoms. The highest BCUT2D eigenvalue weighted by Gasteiger charge is 2.29. The Bertz CT molecular complexity index is 176. The molecule has 1 aliphatic heterocycles. The monoisotopic (exact) mass is 190 g/mol. The number of ether oxygens (including phenoxy) is 2. The Morgan fingerprint density at radius 1 is 1.46 bits per heavy atom. The molecule has 0 aromatic carbocycles. The van der Waals surface area contributed by atoms with Crippen molar-refractivity contribution in [1.82, 2.24) is 10.8 Å². The molecule has 0 spiro atoms. The summed E-state index contributed by atoms with van der Waals surface area (Å²) in [7, 11) is 2.96. The first kappa shape index (κ1) is 10.2. The third-order valence-electron chi connectivity index (χ3n) is 1.84. The molecule has 1 heterocycles. The lowest BCUT2D eigenvalue weighted by Crippen LogP contribution is -2.47. The van der Waals surface area contributed by atoms with Crippen LogP contribution in [0.4, 0.5) is 4.79 Å². The summed E-state index contributed by atoms with van der Waals surface area (Å²) in [6.45, 7) is 0.976. The van der Waals surface area contributed by atoms with Crippen LogP contribution >= 0.6 is 0 Å². The van der Waals surface area contributed by atoms with Crippen LogP contribution in [0.5, 0.6) is 0 Å². The predicted octanol–water partition coefficient (Wildman–Crippen LogP) is -0.739. The van der Waals surface area contributed by atoms with Crippen LogP contribution < -0.4 is 10.8 Å². The Balaban J connectivity index is 2.30. The Hall–Kier alpha value is -0.850. The summed E-state index contributed by atoms with van der Waals surface area (Å²) in [5.41, 5.74) is 2.16. The second-order valence-electron chi connectivity index (χ2n) is 2.70. The van der Waals surface area contributed by atoms with Gasteiger partial charge in [-0.3, -0.25) is 4.84 Å². The number of nitrogens with one attached hydrogen (secondary N) is 2. The zero-order chi connectivity index (χ0) is 9.68. The van der Waals surface area contributed by atoms with Crippen molar-refractivity contribution in [3.05, 3.63) is 0 Å². The molecule has 13 heavy (non-hydrogen) atoms. The van der Waals surface area contributed by atoms with Crippen molar-refractivity contribution < 1.29 is 19.1 Å². The van der Waals surface area contributed by atoms with Gasteiger partial charge in [0.1, 0.15) is 6.10 Å². The number of hydrogen-bond donors (Lipinski definition) is 2. The van der Waals surface area contributed by atoms with Crippen molar-refractivity contribution in [2.24, 2.45) is 0 Å². The van der Waals surface area contributed by atoms with Gasteiger partial charge in [-0.05, 0) is 0 Å².